The van der Waals surface area contributed by atoms with Crippen LogP contribution in [0.15, 0.2) is 18.3 Å². The van der Waals surface area contributed by atoms with Gasteiger partial charge in [-0.25, -0.2) is 9.78 Å². The van der Waals surface area contributed by atoms with Crippen LogP contribution in [0.4, 0.5) is 5.82 Å². The number of nitrogens with zero attached hydrogens (tertiary/aromatic N) is 2. The summed E-state index contributed by atoms with van der Waals surface area (Å²) >= 11 is 1.91. The van der Waals surface area contributed by atoms with Gasteiger partial charge < -0.3 is 10.0 Å². The van der Waals surface area contributed by atoms with Gasteiger partial charge in [-0.15, -0.1) is 0 Å². The molecule has 2 heterocycles. The Balaban J connectivity index is 2.27. The Morgan fingerprint density at radius 3 is 3.12 bits per heavy atom. The van der Waals surface area contributed by atoms with E-state index in [2.05, 4.69) is 9.88 Å². The zero-order valence-corrected chi connectivity index (χ0v) is 9.74. The number of pyridine rings is 1. The largest absolute Gasteiger partial charge is 0.478 e. The van der Waals surface area contributed by atoms with Crippen molar-refractivity contribution in [3.8, 4) is 0 Å². The summed E-state index contributed by atoms with van der Waals surface area (Å²) in [5.74, 6) is 1.89. The van der Waals surface area contributed by atoms with Crippen LogP contribution in [0.1, 0.15) is 16.8 Å². The maximum atomic E-state index is 11.1. The number of anilines is 1. The number of carbonyl (C=O) groups is 1. The van der Waals surface area contributed by atoms with E-state index in [0.29, 0.717) is 11.4 Å². The molecular formula is C11H14N2O2S. The zero-order chi connectivity index (χ0) is 11.4. The van der Waals surface area contributed by atoms with Crippen LogP contribution >= 0.6 is 11.8 Å². The van der Waals surface area contributed by atoms with Gasteiger partial charge in [0.2, 0.25) is 0 Å². The summed E-state index contributed by atoms with van der Waals surface area (Å²) in [6.07, 6.45) is 2.74. The lowest BCUT2D eigenvalue weighted by Gasteiger charge is -2.22. The van der Waals surface area contributed by atoms with Gasteiger partial charge >= 0.3 is 5.97 Å². The zero-order valence-electron chi connectivity index (χ0n) is 8.93. The van der Waals surface area contributed by atoms with Gasteiger partial charge in [-0.05, 0) is 24.3 Å². The molecule has 1 saturated heterocycles. The van der Waals surface area contributed by atoms with Crippen molar-refractivity contribution in [1.82, 2.24) is 4.98 Å². The number of aromatic carboxylic acids is 1. The molecule has 1 aliphatic rings. The first-order chi connectivity index (χ1) is 7.79. The molecule has 16 heavy (non-hydrogen) atoms. The van der Waals surface area contributed by atoms with Crippen molar-refractivity contribution in [3.63, 3.8) is 0 Å². The van der Waals surface area contributed by atoms with E-state index in [4.69, 9.17) is 5.11 Å². The molecule has 1 fully saturated rings. The highest BCUT2D eigenvalue weighted by Crippen LogP contribution is 2.20. The SMILES string of the molecule is O=C(O)c1cccnc1N1CCCSCC1. The molecule has 0 aromatic carbocycles. The predicted molar refractivity (Wildman–Crippen MR) is 65.4 cm³/mol. The summed E-state index contributed by atoms with van der Waals surface area (Å²) < 4.78 is 0. The monoisotopic (exact) mass is 238 g/mol. The van der Waals surface area contributed by atoms with Crippen molar-refractivity contribution in [3.05, 3.63) is 23.9 Å². The number of carboxylic acids is 1. The average Bonchev–Trinajstić information content (AvgIpc) is 2.57. The molecule has 0 unspecified atom stereocenters. The summed E-state index contributed by atoms with van der Waals surface area (Å²) in [5.41, 5.74) is 0.300. The third kappa shape index (κ3) is 2.47. The Hall–Kier alpha value is -1.23. The Kier molecular flexibility index (Phi) is 3.66. The summed E-state index contributed by atoms with van der Waals surface area (Å²) in [5, 5.41) is 9.09. The first kappa shape index (κ1) is 11.3. The van der Waals surface area contributed by atoms with Crippen molar-refractivity contribution in [2.24, 2.45) is 0 Å². The molecule has 0 saturated carbocycles. The molecule has 1 aliphatic heterocycles. The van der Waals surface area contributed by atoms with Crippen LogP contribution in [0.3, 0.4) is 0 Å². The molecular weight excluding hydrogens is 224 g/mol. The molecule has 0 spiro atoms. The second-order valence-electron chi connectivity index (χ2n) is 3.63. The van der Waals surface area contributed by atoms with Crippen molar-refractivity contribution < 1.29 is 9.90 Å². The summed E-state index contributed by atoms with van der Waals surface area (Å²) in [6.45, 7) is 1.77. The average molecular weight is 238 g/mol. The highest BCUT2D eigenvalue weighted by atomic mass is 32.2. The molecule has 0 atom stereocenters. The van der Waals surface area contributed by atoms with Gasteiger partial charge in [-0.3, -0.25) is 0 Å². The molecule has 5 heteroatoms. The first-order valence-corrected chi connectivity index (χ1v) is 6.45. The van der Waals surface area contributed by atoms with Crippen LogP contribution < -0.4 is 4.90 Å². The van der Waals surface area contributed by atoms with E-state index in [9.17, 15) is 4.79 Å². The van der Waals surface area contributed by atoms with Crippen molar-refractivity contribution in [2.45, 2.75) is 6.42 Å². The Labute approximate surface area is 98.7 Å². The third-order valence-corrected chi connectivity index (χ3v) is 3.59. The molecule has 2 rings (SSSR count). The fourth-order valence-corrected chi connectivity index (χ4v) is 2.66. The number of hydrogen-bond acceptors (Lipinski definition) is 4. The molecule has 1 aromatic rings. The molecule has 0 aliphatic carbocycles. The fourth-order valence-electron chi connectivity index (χ4n) is 1.77. The van der Waals surface area contributed by atoms with Crippen molar-refractivity contribution >= 4 is 23.5 Å². The fraction of sp³-hybridized carbons (Fsp3) is 0.455. The molecule has 1 N–H and O–H groups in total. The van der Waals surface area contributed by atoms with Crippen LogP contribution in [0, 0.1) is 0 Å². The highest BCUT2D eigenvalue weighted by Gasteiger charge is 2.18. The lowest BCUT2D eigenvalue weighted by Crippen LogP contribution is -2.28. The van der Waals surface area contributed by atoms with E-state index >= 15 is 0 Å². The van der Waals surface area contributed by atoms with Crippen LogP contribution in [-0.4, -0.2) is 40.7 Å². The lowest BCUT2D eigenvalue weighted by atomic mass is 10.2. The van der Waals surface area contributed by atoms with Crippen molar-refractivity contribution in [2.75, 3.05) is 29.5 Å². The van der Waals surface area contributed by atoms with E-state index in [1.807, 2.05) is 11.8 Å². The van der Waals surface area contributed by atoms with Crippen molar-refractivity contribution in [1.29, 1.82) is 0 Å². The minimum absolute atomic E-state index is 0.300. The minimum atomic E-state index is -0.903. The van der Waals surface area contributed by atoms with Crippen LogP contribution in [0.5, 0.6) is 0 Å². The van der Waals surface area contributed by atoms with E-state index in [1.165, 1.54) is 0 Å². The van der Waals surface area contributed by atoms with Gasteiger partial charge in [0.25, 0.3) is 0 Å². The van der Waals surface area contributed by atoms with E-state index in [-0.39, 0.29) is 0 Å². The number of rotatable bonds is 2. The molecule has 0 bridgehead atoms. The van der Waals surface area contributed by atoms with Gasteiger partial charge in [0.15, 0.2) is 0 Å². The molecule has 0 radical (unpaired) electrons. The molecule has 86 valence electrons. The van der Waals surface area contributed by atoms with E-state index < -0.39 is 5.97 Å². The first-order valence-electron chi connectivity index (χ1n) is 5.30. The van der Waals surface area contributed by atoms with E-state index in [0.717, 1.165) is 31.0 Å². The van der Waals surface area contributed by atoms with Crippen LogP contribution in [0.25, 0.3) is 0 Å². The smallest absolute Gasteiger partial charge is 0.339 e. The summed E-state index contributed by atoms with van der Waals surface area (Å²) in [6, 6.07) is 3.28. The Morgan fingerprint density at radius 1 is 1.44 bits per heavy atom. The third-order valence-electron chi connectivity index (χ3n) is 2.54. The van der Waals surface area contributed by atoms with Gasteiger partial charge in [0.1, 0.15) is 11.4 Å². The topological polar surface area (TPSA) is 53.4 Å². The van der Waals surface area contributed by atoms with E-state index in [1.54, 1.807) is 18.3 Å². The van der Waals surface area contributed by atoms with Gasteiger partial charge in [-0.2, -0.15) is 11.8 Å². The number of aromatic nitrogens is 1. The van der Waals surface area contributed by atoms with Gasteiger partial charge in [-0.1, -0.05) is 0 Å². The summed E-state index contributed by atoms with van der Waals surface area (Å²) in [4.78, 5) is 17.4. The maximum absolute atomic E-state index is 11.1. The normalized spacial score (nSPS) is 16.9. The quantitative estimate of drug-likeness (QED) is 0.850. The maximum Gasteiger partial charge on any atom is 0.339 e. The van der Waals surface area contributed by atoms with Crippen LogP contribution in [-0.2, 0) is 0 Å². The number of thioether (sulfide) groups is 1. The highest BCUT2D eigenvalue weighted by molar-refractivity contribution is 7.99. The standard InChI is InChI=1S/C11H14N2O2S/c14-11(15)9-3-1-4-12-10(9)13-5-2-7-16-8-6-13/h1,3-4H,2,5-8H2,(H,14,15). The number of hydrogen-bond donors (Lipinski definition) is 1. The van der Waals surface area contributed by atoms with Crippen LogP contribution in [0.2, 0.25) is 0 Å². The Morgan fingerprint density at radius 2 is 2.31 bits per heavy atom. The second kappa shape index (κ2) is 5.21. The molecule has 0 amide bonds. The predicted octanol–water partition coefficient (Wildman–Crippen LogP) is 1.72. The second-order valence-corrected chi connectivity index (χ2v) is 4.86. The van der Waals surface area contributed by atoms with Gasteiger partial charge in [0.05, 0.1) is 0 Å². The summed E-state index contributed by atoms with van der Waals surface area (Å²) in [7, 11) is 0. The molecule has 1 aromatic heterocycles. The van der Waals surface area contributed by atoms with Gasteiger partial charge in [0, 0.05) is 25.0 Å². The Bertz CT molecular complexity index is 376. The lowest BCUT2D eigenvalue weighted by molar-refractivity contribution is 0.0697. The minimum Gasteiger partial charge on any atom is -0.478 e. The number of carboxylic acid groups (broad SMARTS) is 1. The molecule has 4 nitrogen and oxygen atoms in total.